The first-order valence-corrected chi connectivity index (χ1v) is 8.31. The summed E-state index contributed by atoms with van der Waals surface area (Å²) in [5, 5.41) is 0. The number of halogens is 1. The van der Waals surface area contributed by atoms with Crippen molar-refractivity contribution in [3.8, 4) is 0 Å². The van der Waals surface area contributed by atoms with E-state index in [-0.39, 0.29) is 6.61 Å². The van der Waals surface area contributed by atoms with E-state index >= 15 is 0 Å². The Morgan fingerprint density at radius 3 is 2.90 bits per heavy atom. The molecule has 0 aliphatic carbocycles. The molecule has 2 heterocycles. The SMILES string of the molecule is CC(COCCn1cnc2c(Br)ncnc21)P(=O)(O)O. The number of hydrogen-bond donors (Lipinski definition) is 2. The number of aromatic nitrogens is 4. The molecule has 2 N–H and O–H groups in total. The maximum absolute atomic E-state index is 10.9. The predicted molar refractivity (Wildman–Crippen MR) is 75.3 cm³/mol. The van der Waals surface area contributed by atoms with Gasteiger partial charge in [0, 0.05) is 6.54 Å². The van der Waals surface area contributed by atoms with Crippen LogP contribution in [0.3, 0.4) is 0 Å². The molecular weight excluding hydrogens is 351 g/mol. The summed E-state index contributed by atoms with van der Waals surface area (Å²) in [6, 6.07) is 0. The standard InChI is InChI=1S/C10H14BrN4O4P/c1-7(20(16,17)18)4-19-3-2-15-6-14-8-9(11)12-5-13-10(8)15/h5-7H,2-4H2,1H3,(H2,16,17,18). The highest BCUT2D eigenvalue weighted by Crippen LogP contribution is 2.40. The van der Waals surface area contributed by atoms with Gasteiger partial charge in [0.05, 0.1) is 25.2 Å². The summed E-state index contributed by atoms with van der Waals surface area (Å²) >= 11 is 3.29. The van der Waals surface area contributed by atoms with E-state index in [1.165, 1.54) is 13.3 Å². The van der Waals surface area contributed by atoms with Crippen LogP contribution in [0.5, 0.6) is 0 Å². The first-order valence-electron chi connectivity index (χ1n) is 5.84. The minimum atomic E-state index is -4.07. The molecule has 10 heteroatoms. The lowest BCUT2D eigenvalue weighted by molar-refractivity contribution is 0.124. The molecule has 8 nitrogen and oxygen atoms in total. The van der Waals surface area contributed by atoms with Crippen molar-refractivity contribution in [1.29, 1.82) is 0 Å². The lowest BCUT2D eigenvalue weighted by Crippen LogP contribution is -2.15. The van der Waals surface area contributed by atoms with E-state index in [0.29, 0.717) is 28.9 Å². The Morgan fingerprint density at radius 1 is 1.45 bits per heavy atom. The van der Waals surface area contributed by atoms with E-state index < -0.39 is 13.3 Å². The minimum absolute atomic E-state index is 0.00951. The molecule has 0 aliphatic heterocycles. The molecule has 1 atom stereocenters. The van der Waals surface area contributed by atoms with Gasteiger partial charge < -0.3 is 19.1 Å². The molecule has 0 radical (unpaired) electrons. The zero-order chi connectivity index (χ0) is 14.8. The second kappa shape index (κ2) is 6.28. The third kappa shape index (κ3) is 3.62. The first-order chi connectivity index (χ1) is 9.39. The zero-order valence-electron chi connectivity index (χ0n) is 10.7. The lowest BCUT2D eigenvalue weighted by Gasteiger charge is -2.13. The van der Waals surface area contributed by atoms with Crippen LogP contribution < -0.4 is 0 Å². The summed E-state index contributed by atoms with van der Waals surface area (Å²) in [5.74, 6) is 0. The largest absolute Gasteiger partial charge is 0.379 e. The van der Waals surface area contributed by atoms with Crippen molar-refractivity contribution in [3.05, 3.63) is 17.3 Å². The van der Waals surface area contributed by atoms with Crippen LogP contribution in [0.15, 0.2) is 17.3 Å². The van der Waals surface area contributed by atoms with Crippen molar-refractivity contribution in [2.24, 2.45) is 0 Å². The van der Waals surface area contributed by atoms with Gasteiger partial charge in [0.1, 0.15) is 16.4 Å². The van der Waals surface area contributed by atoms with Crippen LogP contribution in [0.25, 0.3) is 11.2 Å². The third-order valence-electron chi connectivity index (χ3n) is 2.77. The van der Waals surface area contributed by atoms with Gasteiger partial charge in [0.2, 0.25) is 0 Å². The number of rotatable bonds is 6. The molecule has 2 aromatic heterocycles. The van der Waals surface area contributed by atoms with E-state index in [1.54, 1.807) is 10.9 Å². The quantitative estimate of drug-likeness (QED) is 0.449. The van der Waals surface area contributed by atoms with Crippen molar-refractivity contribution in [1.82, 2.24) is 19.5 Å². The van der Waals surface area contributed by atoms with Gasteiger partial charge in [-0.05, 0) is 22.9 Å². The third-order valence-corrected chi connectivity index (χ3v) is 4.64. The molecule has 0 aliphatic rings. The van der Waals surface area contributed by atoms with Gasteiger partial charge >= 0.3 is 7.60 Å². The minimum Gasteiger partial charge on any atom is -0.379 e. The highest BCUT2D eigenvalue weighted by Gasteiger charge is 2.23. The Balaban J connectivity index is 1.91. The van der Waals surface area contributed by atoms with E-state index in [9.17, 15) is 4.57 Å². The predicted octanol–water partition coefficient (Wildman–Crippen LogP) is 1.17. The second-order valence-electron chi connectivity index (χ2n) is 4.29. The maximum atomic E-state index is 10.9. The average Bonchev–Trinajstić information content (AvgIpc) is 2.78. The van der Waals surface area contributed by atoms with E-state index in [0.717, 1.165) is 0 Å². The summed E-state index contributed by atoms with van der Waals surface area (Å²) in [4.78, 5) is 30.2. The fourth-order valence-corrected chi connectivity index (χ4v) is 2.20. The molecule has 0 amide bonds. The van der Waals surface area contributed by atoms with Crippen molar-refractivity contribution < 1.29 is 19.1 Å². The Morgan fingerprint density at radius 2 is 2.20 bits per heavy atom. The van der Waals surface area contributed by atoms with Gasteiger partial charge in [-0.3, -0.25) is 4.57 Å². The Labute approximate surface area is 123 Å². The van der Waals surface area contributed by atoms with Crippen molar-refractivity contribution in [2.45, 2.75) is 19.1 Å². The van der Waals surface area contributed by atoms with Gasteiger partial charge in [0.25, 0.3) is 0 Å². The molecule has 2 rings (SSSR count). The Bertz CT molecular complexity index is 643. The van der Waals surface area contributed by atoms with E-state index in [2.05, 4.69) is 30.9 Å². The van der Waals surface area contributed by atoms with Gasteiger partial charge in [-0.2, -0.15) is 0 Å². The first kappa shape index (κ1) is 15.5. The van der Waals surface area contributed by atoms with Crippen LogP contribution in [0.1, 0.15) is 6.92 Å². The summed E-state index contributed by atoms with van der Waals surface area (Å²) < 4.78 is 18.6. The lowest BCUT2D eigenvalue weighted by atomic mass is 10.5. The number of nitrogens with zero attached hydrogens (tertiary/aromatic N) is 4. The monoisotopic (exact) mass is 364 g/mol. The molecule has 0 bridgehead atoms. The average molecular weight is 365 g/mol. The zero-order valence-corrected chi connectivity index (χ0v) is 13.2. The molecule has 2 aromatic rings. The van der Waals surface area contributed by atoms with E-state index in [4.69, 9.17) is 14.5 Å². The molecular formula is C10H14BrN4O4P. The molecule has 1 unspecified atom stereocenters. The van der Waals surface area contributed by atoms with Gasteiger partial charge in [-0.25, -0.2) is 15.0 Å². The van der Waals surface area contributed by atoms with Gasteiger partial charge in [0.15, 0.2) is 5.65 Å². The van der Waals surface area contributed by atoms with E-state index in [1.807, 2.05) is 0 Å². The summed E-state index contributed by atoms with van der Waals surface area (Å²) in [6.45, 7) is 2.28. The van der Waals surface area contributed by atoms with Gasteiger partial charge in [-0.1, -0.05) is 0 Å². The molecule has 0 saturated carbocycles. The van der Waals surface area contributed by atoms with Crippen molar-refractivity contribution >= 4 is 34.7 Å². The molecule has 0 aromatic carbocycles. The molecule has 110 valence electrons. The van der Waals surface area contributed by atoms with Crippen molar-refractivity contribution in [2.75, 3.05) is 13.2 Å². The fraction of sp³-hybridized carbons (Fsp3) is 0.500. The fourth-order valence-electron chi connectivity index (χ4n) is 1.53. The smallest absolute Gasteiger partial charge is 0.330 e. The highest BCUT2D eigenvalue weighted by molar-refractivity contribution is 9.10. The van der Waals surface area contributed by atoms with Crippen LogP contribution in [0.2, 0.25) is 0 Å². The number of fused-ring (bicyclic) bond motifs is 1. The van der Waals surface area contributed by atoms with Crippen LogP contribution in [0.4, 0.5) is 0 Å². The topological polar surface area (TPSA) is 110 Å². The van der Waals surface area contributed by atoms with Crippen LogP contribution in [0, 0.1) is 0 Å². The Hall–Kier alpha value is -0.860. The normalized spacial score (nSPS) is 13.8. The van der Waals surface area contributed by atoms with Gasteiger partial charge in [-0.15, -0.1) is 0 Å². The summed E-state index contributed by atoms with van der Waals surface area (Å²) in [7, 11) is -4.07. The maximum Gasteiger partial charge on any atom is 0.330 e. The number of ether oxygens (including phenoxy) is 1. The molecule has 20 heavy (non-hydrogen) atoms. The summed E-state index contributed by atoms with van der Waals surface area (Å²) in [6.07, 6.45) is 3.06. The van der Waals surface area contributed by atoms with Crippen molar-refractivity contribution in [3.63, 3.8) is 0 Å². The van der Waals surface area contributed by atoms with Crippen LogP contribution in [-0.4, -0.2) is 48.2 Å². The Kier molecular flexibility index (Phi) is 4.87. The number of imidazole rings is 1. The molecule has 0 saturated heterocycles. The van der Waals surface area contributed by atoms with Crippen LogP contribution >= 0.6 is 23.5 Å². The highest BCUT2D eigenvalue weighted by atomic mass is 79.9. The van der Waals surface area contributed by atoms with Crippen LogP contribution in [-0.2, 0) is 15.8 Å². The summed E-state index contributed by atoms with van der Waals surface area (Å²) in [5.41, 5.74) is 0.535. The molecule has 0 fully saturated rings. The second-order valence-corrected chi connectivity index (χ2v) is 7.10. The molecule has 0 spiro atoms. The number of hydrogen-bond acceptors (Lipinski definition) is 5.